The van der Waals surface area contributed by atoms with Crippen LogP contribution in [-0.2, 0) is 6.42 Å². The number of benzene rings is 3. The van der Waals surface area contributed by atoms with Crippen LogP contribution in [0, 0.1) is 13.8 Å². The summed E-state index contributed by atoms with van der Waals surface area (Å²) < 4.78 is 3.50. The number of nitrogens with zero attached hydrogens (tertiary/aromatic N) is 1. The third-order valence-corrected chi connectivity index (χ3v) is 5.73. The van der Waals surface area contributed by atoms with E-state index in [9.17, 15) is 9.90 Å². The van der Waals surface area contributed by atoms with Gasteiger partial charge >= 0.3 is 5.97 Å². The molecule has 0 saturated heterocycles. The highest BCUT2D eigenvalue weighted by Gasteiger charge is 2.15. The number of hydrogen-bond acceptors (Lipinski definition) is 4. The van der Waals surface area contributed by atoms with Gasteiger partial charge in [-0.25, -0.2) is 4.79 Å². The van der Waals surface area contributed by atoms with E-state index >= 15 is 0 Å². The molecule has 0 aromatic heterocycles. The zero-order chi connectivity index (χ0) is 21.5. The topological polar surface area (TPSA) is 61.7 Å². The molecule has 0 aliphatic rings. The standard InChI is InChI=1S/C25H26N2O2S/c1-17-8-6-10-20(14-17)15-24(19(3)26-23-13-5-4-9-18(23)2)27-30-22-12-7-11-21(16-22)25(28)29/h4-14,16,24,27H,15H2,1-3H3,(H,28,29). The lowest BCUT2D eigenvalue weighted by atomic mass is 10.0. The van der Waals surface area contributed by atoms with Crippen molar-refractivity contribution in [1.82, 2.24) is 4.72 Å². The summed E-state index contributed by atoms with van der Waals surface area (Å²) in [5.41, 5.74) is 5.81. The number of carbonyl (C=O) groups is 1. The molecule has 4 nitrogen and oxygen atoms in total. The summed E-state index contributed by atoms with van der Waals surface area (Å²) in [6, 6.07) is 23.5. The molecule has 154 valence electrons. The molecule has 0 aliphatic carbocycles. The largest absolute Gasteiger partial charge is 0.478 e. The molecule has 0 saturated carbocycles. The maximum Gasteiger partial charge on any atom is 0.335 e. The second kappa shape index (κ2) is 10.2. The van der Waals surface area contributed by atoms with E-state index in [1.165, 1.54) is 23.1 Å². The van der Waals surface area contributed by atoms with Gasteiger partial charge in [0.1, 0.15) is 0 Å². The van der Waals surface area contributed by atoms with Crippen molar-refractivity contribution in [2.45, 2.75) is 38.1 Å². The Morgan fingerprint density at radius 1 is 1.03 bits per heavy atom. The number of aliphatic imine (C=N–C) groups is 1. The van der Waals surface area contributed by atoms with Gasteiger partial charge < -0.3 is 5.11 Å². The minimum absolute atomic E-state index is 0.00936. The lowest BCUT2D eigenvalue weighted by molar-refractivity contribution is 0.0696. The highest BCUT2D eigenvalue weighted by molar-refractivity contribution is 7.97. The summed E-state index contributed by atoms with van der Waals surface area (Å²) in [5, 5.41) is 9.24. The van der Waals surface area contributed by atoms with Gasteiger partial charge in [0.25, 0.3) is 0 Å². The van der Waals surface area contributed by atoms with Crippen molar-refractivity contribution in [1.29, 1.82) is 0 Å². The minimum atomic E-state index is -0.925. The zero-order valence-corrected chi connectivity index (χ0v) is 18.2. The van der Waals surface area contributed by atoms with Crippen LogP contribution in [0.1, 0.15) is 34.0 Å². The normalized spacial score (nSPS) is 12.6. The van der Waals surface area contributed by atoms with Gasteiger partial charge in [-0.1, -0.05) is 54.1 Å². The molecular formula is C25H26N2O2S. The van der Waals surface area contributed by atoms with Gasteiger partial charge in [-0.15, -0.1) is 0 Å². The zero-order valence-electron chi connectivity index (χ0n) is 17.4. The third kappa shape index (κ3) is 6.05. The monoisotopic (exact) mass is 418 g/mol. The molecule has 5 heteroatoms. The molecule has 2 N–H and O–H groups in total. The summed E-state index contributed by atoms with van der Waals surface area (Å²) in [5.74, 6) is -0.925. The second-order valence-electron chi connectivity index (χ2n) is 7.34. The third-order valence-electron chi connectivity index (χ3n) is 4.84. The Hall–Kier alpha value is -2.89. The number of nitrogens with one attached hydrogen (secondary N) is 1. The molecule has 0 spiro atoms. The fourth-order valence-corrected chi connectivity index (χ4v) is 4.00. The maximum absolute atomic E-state index is 11.3. The first kappa shape index (κ1) is 21.8. The van der Waals surface area contributed by atoms with Gasteiger partial charge in [-0.2, -0.15) is 0 Å². The van der Waals surface area contributed by atoms with E-state index in [2.05, 4.69) is 48.9 Å². The van der Waals surface area contributed by atoms with E-state index in [0.29, 0.717) is 0 Å². The molecule has 0 amide bonds. The fraction of sp³-hybridized carbons (Fsp3) is 0.200. The van der Waals surface area contributed by atoms with Crippen molar-refractivity contribution in [3.8, 4) is 0 Å². The number of aryl methyl sites for hydroxylation is 2. The van der Waals surface area contributed by atoms with Crippen LogP contribution in [0.2, 0.25) is 0 Å². The predicted molar refractivity (Wildman–Crippen MR) is 125 cm³/mol. The first-order chi connectivity index (χ1) is 14.4. The second-order valence-corrected chi connectivity index (χ2v) is 8.25. The average Bonchev–Trinajstić information content (AvgIpc) is 2.73. The summed E-state index contributed by atoms with van der Waals surface area (Å²) in [4.78, 5) is 17.0. The van der Waals surface area contributed by atoms with Gasteiger partial charge in [-0.05, 0) is 74.5 Å². The molecule has 0 aliphatic heterocycles. The van der Waals surface area contributed by atoms with Crippen LogP contribution in [0.4, 0.5) is 5.69 Å². The van der Waals surface area contributed by atoms with Gasteiger partial charge in [0.05, 0.1) is 17.3 Å². The van der Waals surface area contributed by atoms with E-state index in [4.69, 9.17) is 4.99 Å². The Morgan fingerprint density at radius 3 is 2.53 bits per heavy atom. The summed E-state index contributed by atoms with van der Waals surface area (Å²) >= 11 is 1.43. The van der Waals surface area contributed by atoms with Crippen molar-refractivity contribution in [2.75, 3.05) is 0 Å². The average molecular weight is 419 g/mol. The van der Waals surface area contributed by atoms with Crippen molar-refractivity contribution in [3.05, 3.63) is 95.1 Å². The highest BCUT2D eigenvalue weighted by atomic mass is 32.2. The lowest BCUT2D eigenvalue weighted by Gasteiger charge is -2.19. The quantitative estimate of drug-likeness (QED) is 0.348. The number of carboxylic acids is 1. The Morgan fingerprint density at radius 2 is 1.80 bits per heavy atom. The number of hydrogen-bond donors (Lipinski definition) is 2. The Bertz CT molecular complexity index is 1060. The molecule has 30 heavy (non-hydrogen) atoms. The predicted octanol–water partition coefficient (Wildman–Crippen LogP) is 6.00. The number of aromatic carboxylic acids is 1. The summed E-state index contributed by atoms with van der Waals surface area (Å²) in [6.07, 6.45) is 0.786. The Balaban J connectivity index is 1.84. The van der Waals surface area contributed by atoms with Crippen molar-refractivity contribution < 1.29 is 9.90 Å². The number of para-hydroxylation sites is 1. The number of carboxylic acid groups (broad SMARTS) is 1. The Kier molecular flexibility index (Phi) is 7.44. The van der Waals surface area contributed by atoms with Gasteiger partial charge in [-0.3, -0.25) is 9.71 Å². The van der Waals surface area contributed by atoms with E-state index in [0.717, 1.165) is 28.3 Å². The van der Waals surface area contributed by atoms with Crippen LogP contribution >= 0.6 is 11.9 Å². The minimum Gasteiger partial charge on any atom is -0.478 e. The van der Waals surface area contributed by atoms with Crippen molar-refractivity contribution >= 4 is 29.3 Å². The SMILES string of the molecule is CC(=Nc1ccccc1C)C(Cc1cccc(C)c1)NSc1cccc(C(=O)O)c1. The van der Waals surface area contributed by atoms with Crippen LogP contribution in [-0.4, -0.2) is 22.8 Å². The van der Waals surface area contributed by atoms with E-state index in [1.807, 2.05) is 31.2 Å². The molecule has 3 rings (SSSR count). The molecule has 0 heterocycles. The Labute approximate surface area is 182 Å². The van der Waals surface area contributed by atoms with Crippen LogP contribution in [0.5, 0.6) is 0 Å². The smallest absolute Gasteiger partial charge is 0.335 e. The van der Waals surface area contributed by atoms with Gasteiger partial charge in [0.15, 0.2) is 0 Å². The van der Waals surface area contributed by atoms with Gasteiger partial charge in [0.2, 0.25) is 0 Å². The fourth-order valence-electron chi connectivity index (χ4n) is 3.14. The van der Waals surface area contributed by atoms with E-state index in [-0.39, 0.29) is 11.6 Å². The first-order valence-electron chi connectivity index (χ1n) is 9.84. The van der Waals surface area contributed by atoms with Crippen molar-refractivity contribution in [3.63, 3.8) is 0 Å². The number of rotatable bonds is 8. The highest BCUT2D eigenvalue weighted by Crippen LogP contribution is 2.22. The molecule has 0 fully saturated rings. The van der Waals surface area contributed by atoms with E-state index in [1.54, 1.807) is 18.2 Å². The molecule has 0 radical (unpaired) electrons. The van der Waals surface area contributed by atoms with Crippen LogP contribution in [0.25, 0.3) is 0 Å². The molecule has 0 bridgehead atoms. The molecule has 3 aromatic rings. The first-order valence-corrected chi connectivity index (χ1v) is 10.7. The summed E-state index contributed by atoms with van der Waals surface area (Å²) in [7, 11) is 0. The van der Waals surface area contributed by atoms with Crippen molar-refractivity contribution in [2.24, 2.45) is 4.99 Å². The van der Waals surface area contributed by atoms with E-state index < -0.39 is 5.97 Å². The van der Waals surface area contributed by atoms with Crippen LogP contribution in [0.15, 0.2) is 82.7 Å². The molecule has 1 unspecified atom stereocenters. The summed E-state index contributed by atoms with van der Waals surface area (Å²) in [6.45, 7) is 6.18. The van der Waals surface area contributed by atoms with Gasteiger partial charge in [0, 0.05) is 10.6 Å². The molecular weight excluding hydrogens is 392 g/mol. The maximum atomic E-state index is 11.3. The van der Waals surface area contributed by atoms with Crippen LogP contribution in [0.3, 0.4) is 0 Å². The molecule has 3 aromatic carbocycles. The molecule has 1 atom stereocenters. The van der Waals surface area contributed by atoms with Crippen LogP contribution < -0.4 is 4.72 Å². The lowest BCUT2D eigenvalue weighted by Crippen LogP contribution is -2.33.